The number of hydrogen-bond acceptors (Lipinski definition) is 7. The van der Waals surface area contributed by atoms with Gasteiger partial charge in [-0.15, -0.1) is 0 Å². The molecule has 8 heteroatoms. The summed E-state index contributed by atoms with van der Waals surface area (Å²) in [5.41, 5.74) is 4.11. The first-order valence-electron chi connectivity index (χ1n) is 13.0. The van der Waals surface area contributed by atoms with E-state index in [-0.39, 0.29) is 17.9 Å². The first-order chi connectivity index (χ1) is 19.9. The van der Waals surface area contributed by atoms with E-state index in [4.69, 9.17) is 9.47 Å². The molecule has 0 unspecified atom stereocenters. The van der Waals surface area contributed by atoms with E-state index in [9.17, 15) is 19.5 Å². The fraction of sp³-hybridized carbons (Fsp3) is 0.152. The van der Waals surface area contributed by atoms with E-state index in [1.807, 2.05) is 31.2 Å². The minimum Gasteiger partial charge on any atom is -0.507 e. The Morgan fingerprint density at radius 3 is 2.29 bits per heavy atom. The van der Waals surface area contributed by atoms with Crippen molar-refractivity contribution < 1.29 is 29.0 Å². The number of methoxy groups -OCH3 is 1. The van der Waals surface area contributed by atoms with Gasteiger partial charge in [-0.1, -0.05) is 42.5 Å². The average Bonchev–Trinajstić information content (AvgIpc) is 3.25. The van der Waals surface area contributed by atoms with Crippen molar-refractivity contribution in [2.75, 3.05) is 7.11 Å². The molecule has 0 aliphatic carbocycles. The highest BCUT2D eigenvalue weighted by atomic mass is 16.5. The zero-order chi connectivity index (χ0) is 28.9. The van der Waals surface area contributed by atoms with Crippen molar-refractivity contribution in [3.63, 3.8) is 0 Å². The highest BCUT2D eigenvalue weighted by molar-refractivity contribution is 6.46. The van der Waals surface area contributed by atoms with Gasteiger partial charge in [0.15, 0.2) is 0 Å². The molecular formula is C33H28N2O6. The maximum Gasteiger partial charge on any atom is 0.337 e. The average molecular weight is 549 g/mol. The van der Waals surface area contributed by atoms with Crippen LogP contribution in [0.4, 0.5) is 0 Å². The van der Waals surface area contributed by atoms with Crippen LogP contribution in [0, 0.1) is 6.92 Å². The van der Waals surface area contributed by atoms with Crippen LogP contribution in [-0.4, -0.2) is 39.8 Å². The van der Waals surface area contributed by atoms with Gasteiger partial charge in [0.2, 0.25) is 0 Å². The minimum absolute atomic E-state index is 0.0433. The van der Waals surface area contributed by atoms with Crippen LogP contribution in [0.25, 0.3) is 5.76 Å². The van der Waals surface area contributed by atoms with Crippen LogP contribution in [0.2, 0.25) is 0 Å². The van der Waals surface area contributed by atoms with E-state index < -0.39 is 23.7 Å². The topological polar surface area (TPSA) is 106 Å². The number of likely N-dealkylation sites (tertiary alicyclic amines) is 1. The van der Waals surface area contributed by atoms with E-state index in [2.05, 4.69) is 4.98 Å². The second-order valence-corrected chi connectivity index (χ2v) is 9.64. The van der Waals surface area contributed by atoms with Gasteiger partial charge in [-0.3, -0.25) is 14.6 Å². The van der Waals surface area contributed by atoms with Crippen molar-refractivity contribution in [3.8, 4) is 5.75 Å². The van der Waals surface area contributed by atoms with Crippen LogP contribution in [0.15, 0.2) is 103 Å². The summed E-state index contributed by atoms with van der Waals surface area (Å²) < 4.78 is 10.7. The Bertz CT molecular complexity index is 1610. The molecule has 1 atom stereocenters. The number of hydrogen-bond donors (Lipinski definition) is 1. The van der Waals surface area contributed by atoms with Crippen LogP contribution in [0.5, 0.6) is 5.75 Å². The standard InChI is InChI=1S/C33H28N2O6/c1-21-6-3-4-8-26(21)20-41-27-15-13-24(14-16-27)30(36)28-29(23-9-11-25(12-10-23)33(39)40-2)35(32(38)31(28)37)19-22-7-5-17-34-18-22/h3-18,29,36H,19-20H2,1-2H3/b30-28+/t29-/m0/s1. The molecule has 4 aromatic rings. The molecule has 1 N–H and O–H groups in total. The van der Waals surface area contributed by atoms with Crippen LogP contribution >= 0.6 is 0 Å². The number of amides is 1. The van der Waals surface area contributed by atoms with Crippen LogP contribution < -0.4 is 4.74 Å². The molecular weight excluding hydrogens is 520 g/mol. The molecule has 0 spiro atoms. The number of aliphatic hydroxyl groups excluding tert-OH is 1. The third-order valence-corrected chi connectivity index (χ3v) is 7.05. The molecule has 1 aliphatic rings. The number of ketones is 1. The number of aliphatic hydroxyl groups is 1. The summed E-state index contributed by atoms with van der Waals surface area (Å²) in [7, 11) is 1.29. The molecule has 1 saturated heterocycles. The lowest BCUT2D eigenvalue weighted by atomic mass is 9.94. The van der Waals surface area contributed by atoms with E-state index in [1.165, 1.54) is 12.0 Å². The number of carbonyl (C=O) groups is 3. The maximum absolute atomic E-state index is 13.4. The van der Waals surface area contributed by atoms with E-state index in [1.54, 1.807) is 73.1 Å². The SMILES string of the molecule is COC(=O)c1ccc([C@H]2/C(=C(\O)c3ccc(OCc4ccccc4C)cc3)C(=O)C(=O)N2Cc2cccnc2)cc1. The van der Waals surface area contributed by atoms with Gasteiger partial charge in [-0.05, 0) is 71.6 Å². The van der Waals surface area contributed by atoms with Gasteiger partial charge in [0.25, 0.3) is 11.7 Å². The number of Topliss-reactive ketones (excluding diaryl/α,β-unsaturated/α-hetero) is 1. The fourth-order valence-corrected chi connectivity index (χ4v) is 4.79. The first-order valence-corrected chi connectivity index (χ1v) is 13.0. The zero-order valence-electron chi connectivity index (χ0n) is 22.6. The molecule has 2 heterocycles. The van der Waals surface area contributed by atoms with Crippen molar-refractivity contribution in [1.29, 1.82) is 0 Å². The smallest absolute Gasteiger partial charge is 0.337 e. The number of carbonyl (C=O) groups excluding carboxylic acids is 3. The summed E-state index contributed by atoms with van der Waals surface area (Å²) in [4.78, 5) is 44.1. The number of ether oxygens (including phenoxy) is 2. The molecule has 1 fully saturated rings. The lowest BCUT2D eigenvalue weighted by molar-refractivity contribution is -0.140. The Labute approximate surface area is 237 Å². The van der Waals surface area contributed by atoms with Gasteiger partial charge in [0.1, 0.15) is 18.1 Å². The molecule has 41 heavy (non-hydrogen) atoms. The Kier molecular flexibility index (Phi) is 7.92. The molecule has 1 aromatic heterocycles. The van der Waals surface area contributed by atoms with Crippen molar-refractivity contribution in [2.24, 2.45) is 0 Å². The molecule has 8 nitrogen and oxygen atoms in total. The van der Waals surface area contributed by atoms with Crippen molar-refractivity contribution in [3.05, 3.63) is 136 Å². The van der Waals surface area contributed by atoms with Crippen molar-refractivity contribution >= 4 is 23.4 Å². The quantitative estimate of drug-likeness (QED) is 0.136. The highest BCUT2D eigenvalue weighted by Crippen LogP contribution is 2.40. The third kappa shape index (κ3) is 5.72. The molecule has 0 saturated carbocycles. The van der Waals surface area contributed by atoms with E-state index in [0.717, 1.165) is 16.7 Å². The second-order valence-electron chi connectivity index (χ2n) is 9.64. The molecule has 0 bridgehead atoms. The second kappa shape index (κ2) is 11.9. The predicted molar refractivity (Wildman–Crippen MR) is 152 cm³/mol. The summed E-state index contributed by atoms with van der Waals surface area (Å²) in [6.07, 6.45) is 3.24. The minimum atomic E-state index is -0.890. The van der Waals surface area contributed by atoms with Crippen LogP contribution in [0.1, 0.15) is 44.2 Å². The van der Waals surface area contributed by atoms with Crippen LogP contribution in [0.3, 0.4) is 0 Å². The highest BCUT2D eigenvalue weighted by Gasteiger charge is 2.46. The van der Waals surface area contributed by atoms with Crippen LogP contribution in [-0.2, 0) is 27.5 Å². The number of esters is 1. The first kappa shape index (κ1) is 27.3. The Morgan fingerprint density at radius 2 is 1.63 bits per heavy atom. The third-order valence-electron chi connectivity index (χ3n) is 7.05. The van der Waals surface area contributed by atoms with Gasteiger partial charge < -0.3 is 19.5 Å². The number of pyridine rings is 1. The van der Waals surface area contributed by atoms with Gasteiger partial charge >= 0.3 is 5.97 Å². The molecule has 3 aromatic carbocycles. The van der Waals surface area contributed by atoms with Gasteiger partial charge in [-0.25, -0.2) is 4.79 Å². The Balaban J connectivity index is 1.49. The Morgan fingerprint density at radius 1 is 0.927 bits per heavy atom. The number of aryl methyl sites for hydroxylation is 1. The lowest BCUT2D eigenvalue weighted by Gasteiger charge is -2.25. The van der Waals surface area contributed by atoms with E-state index in [0.29, 0.717) is 29.0 Å². The van der Waals surface area contributed by atoms with Crippen molar-refractivity contribution in [1.82, 2.24) is 9.88 Å². The van der Waals surface area contributed by atoms with Crippen molar-refractivity contribution in [2.45, 2.75) is 26.1 Å². The summed E-state index contributed by atoms with van der Waals surface area (Å²) in [6.45, 7) is 2.51. The maximum atomic E-state index is 13.4. The monoisotopic (exact) mass is 548 g/mol. The molecule has 0 radical (unpaired) electrons. The predicted octanol–water partition coefficient (Wildman–Crippen LogP) is 5.38. The molecule has 1 aliphatic heterocycles. The molecule has 5 rings (SSSR count). The molecule has 1 amide bonds. The number of nitrogens with zero attached hydrogens (tertiary/aromatic N) is 2. The van der Waals surface area contributed by atoms with Gasteiger partial charge in [-0.2, -0.15) is 0 Å². The van der Waals surface area contributed by atoms with E-state index >= 15 is 0 Å². The fourth-order valence-electron chi connectivity index (χ4n) is 4.79. The van der Waals surface area contributed by atoms with Gasteiger partial charge in [0, 0.05) is 24.5 Å². The molecule has 206 valence electrons. The summed E-state index contributed by atoms with van der Waals surface area (Å²) in [5, 5.41) is 11.4. The number of rotatable bonds is 8. The zero-order valence-corrected chi connectivity index (χ0v) is 22.6. The summed E-state index contributed by atoms with van der Waals surface area (Å²) >= 11 is 0. The normalized spacial score (nSPS) is 16.0. The summed E-state index contributed by atoms with van der Waals surface area (Å²) in [6, 6.07) is 23.7. The largest absolute Gasteiger partial charge is 0.507 e. The lowest BCUT2D eigenvalue weighted by Crippen LogP contribution is -2.29. The number of aromatic nitrogens is 1. The summed E-state index contributed by atoms with van der Waals surface area (Å²) in [5.74, 6) is -1.75. The number of benzene rings is 3. The van der Waals surface area contributed by atoms with Gasteiger partial charge in [0.05, 0.1) is 24.3 Å². The Hall–Kier alpha value is -5.24.